The van der Waals surface area contributed by atoms with Gasteiger partial charge in [-0.25, -0.2) is 0 Å². The molecule has 0 heterocycles. The SMILES string of the molecule is CCC(=NN=C(N)N)C(C)C. The average molecular weight is 156 g/mol. The van der Waals surface area contributed by atoms with Gasteiger partial charge in [0.25, 0.3) is 0 Å². The highest BCUT2D eigenvalue weighted by Crippen LogP contribution is 2.00. The quantitative estimate of drug-likeness (QED) is 0.358. The maximum atomic E-state index is 5.12. The lowest BCUT2D eigenvalue weighted by molar-refractivity contribution is 0.847. The molecule has 4 nitrogen and oxygen atoms in total. The monoisotopic (exact) mass is 156 g/mol. The molecule has 0 amide bonds. The zero-order valence-corrected chi connectivity index (χ0v) is 7.33. The van der Waals surface area contributed by atoms with Gasteiger partial charge in [-0.15, -0.1) is 5.10 Å². The summed E-state index contributed by atoms with van der Waals surface area (Å²) in [5, 5.41) is 7.47. The van der Waals surface area contributed by atoms with E-state index in [-0.39, 0.29) is 5.96 Å². The van der Waals surface area contributed by atoms with Crippen molar-refractivity contribution in [2.45, 2.75) is 27.2 Å². The number of guanidine groups is 1. The van der Waals surface area contributed by atoms with E-state index in [9.17, 15) is 0 Å². The Hall–Kier alpha value is -1.06. The standard InChI is InChI=1S/C7H16N4/c1-4-6(5(2)3)10-11-7(8)9/h5H,4H2,1-3H3,(H4,8,9,11). The number of nitrogens with zero attached hydrogens (tertiary/aromatic N) is 2. The molecule has 0 aliphatic rings. The van der Waals surface area contributed by atoms with Crippen LogP contribution < -0.4 is 11.5 Å². The van der Waals surface area contributed by atoms with Crippen LogP contribution in [0.4, 0.5) is 0 Å². The van der Waals surface area contributed by atoms with Crippen LogP contribution in [0.5, 0.6) is 0 Å². The van der Waals surface area contributed by atoms with Crippen molar-refractivity contribution in [1.29, 1.82) is 0 Å². The number of hydrogen-bond donors (Lipinski definition) is 2. The van der Waals surface area contributed by atoms with E-state index in [4.69, 9.17) is 11.5 Å². The van der Waals surface area contributed by atoms with Gasteiger partial charge in [0.1, 0.15) is 0 Å². The molecule has 0 spiro atoms. The topological polar surface area (TPSA) is 76.8 Å². The van der Waals surface area contributed by atoms with Gasteiger partial charge in [0.15, 0.2) is 0 Å². The van der Waals surface area contributed by atoms with E-state index in [1.54, 1.807) is 0 Å². The van der Waals surface area contributed by atoms with Gasteiger partial charge in [0.05, 0.1) is 0 Å². The zero-order chi connectivity index (χ0) is 8.85. The van der Waals surface area contributed by atoms with Gasteiger partial charge in [0.2, 0.25) is 5.96 Å². The molecule has 0 aliphatic heterocycles. The largest absolute Gasteiger partial charge is 0.369 e. The van der Waals surface area contributed by atoms with Crippen molar-refractivity contribution >= 4 is 11.7 Å². The van der Waals surface area contributed by atoms with Crippen molar-refractivity contribution in [2.75, 3.05) is 0 Å². The molecular formula is C7H16N4. The van der Waals surface area contributed by atoms with Gasteiger partial charge in [-0.1, -0.05) is 20.8 Å². The third-order valence-corrected chi connectivity index (χ3v) is 1.32. The van der Waals surface area contributed by atoms with Crippen molar-refractivity contribution in [1.82, 2.24) is 0 Å². The Labute approximate surface area is 67.4 Å². The fourth-order valence-electron chi connectivity index (χ4n) is 0.716. The summed E-state index contributed by atoms with van der Waals surface area (Å²) in [5.74, 6) is 0.416. The normalized spacial score (nSPS) is 11.8. The van der Waals surface area contributed by atoms with Crippen LogP contribution in [-0.4, -0.2) is 11.7 Å². The van der Waals surface area contributed by atoms with E-state index in [0.29, 0.717) is 5.92 Å². The Balaban J connectivity index is 4.24. The maximum absolute atomic E-state index is 5.12. The van der Waals surface area contributed by atoms with Gasteiger partial charge < -0.3 is 11.5 Å². The minimum absolute atomic E-state index is 0.0107. The molecule has 0 rings (SSSR count). The Morgan fingerprint density at radius 3 is 2.09 bits per heavy atom. The van der Waals surface area contributed by atoms with Crippen LogP contribution in [0, 0.1) is 5.92 Å². The van der Waals surface area contributed by atoms with Gasteiger partial charge >= 0.3 is 0 Å². The molecule has 0 aromatic rings. The highest BCUT2D eigenvalue weighted by molar-refractivity contribution is 5.86. The first-order chi connectivity index (χ1) is 5.07. The maximum Gasteiger partial charge on any atom is 0.211 e. The van der Waals surface area contributed by atoms with Crippen molar-refractivity contribution in [3.63, 3.8) is 0 Å². The van der Waals surface area contributed by atoms with Gasteiger partial charge in [-0.3, -0.25) is 0 Å². The van der Waals surface area contributed by atoms with E-state index >= 15 is 0 Å². The minimum Gasteiger partial charge on any atom is -0.369 e. The first-order valence-electron chi connectivity index (χ1n) is 3.73. The molecule has 0 aromatic heterocycles. The zero-order valence-electron chi connectivity index (χ0n) is 7.33. The predicted octanol–water partition coefficient (Wildman–Crippen LogP) is 0.682. The fourth-order valence-corrected chi connectivity index (χ4v) is 0.716. The Morgan fingerprint density at radius 2 is 1.82 bits per heavy atom. The second kappa shape index (κ2) is 4.71. The second-order valence-electron chi connectivity index (χ2n) is 2.62. The summed E-state index contributed by atoms with van der Waals surface area (Å²) in [6, 6.07) is 0. The molecule has 0 atom stereocenters. The minimum atomic E-state index is 0.0107. The summed E-state index contributed by atoms with van der Waals surface area (Å²) in [7, 11) is 0. The lowest BCUT2D eigenvalue weighted by atomic mass is 10.1. The molecular weight excluding hydrogens is 140 g/mol. The molecule has 4 heteroatoms. The summed E-state index contributed by atoms with van der Waals surface area (Å²) in [4.78, 5) is 0. The van der Waals surface area contributed by atoms with E-state index in [1.807, 2.05) is 6.92 Å². The van der Waals surface area contributed by atoms with Crippen molar-refractivity contribution in [3.05, 3.63) is 0 Å². The van der Waals surface area contributed by atoms with Crippen LogP contribution in [-0.2, 0) is 0 Å². The van der Waals surface area contributed by atoms with E-state index in [2.05, 4.69) is 24.1 Å². The number of nitrogens with two attached hydrogens (primary N) is 2. The van der Waals surface area contributed by atoms with Gasteiger partial charge in [-0.05, 0) is 12.3 Å². The molecule has 0 unspecified atom stereocenters. The highest BCUT2D eigenvalue weighted by atomic mass is 15.3. The molecule has 0 saturated heterocycles. The molecule has 0 radical (unpaired) electrons. The molecule has 4 N–H and O–H groups in total. The van der Waals surface area contributed by atoms with Crippen molar-refractivity contribution in [3.8, 4) is 0 Å². The molecule has 0 bridgehead atoms. The summed E-state index contributed by atoms with van der Waals surface area (Å²) < 4.78 is 0. The lowest BCUT2D eigenvalue weighted by Gasteiger charge is -2.03. The smallest absolute Gasteiger partial charge is 0.211 e. The molecule has 11 heavy (non-hydrogen) atoms. The second-order valence-corrected chi connectivity index (χ2v) is 2.62. The molecule has 0 fully saturated rings. The molecule has 0 saturated carbocycles. The van der Waals surface area contributed by atoms with Gasteiger partial charge in [0, 0.05) is 5.71 Å². The van der Waals surface area contributed by atoms with Crippen LogP contribution in [0.1, 0.15) is 27.2 Å². The van der Waals surface area contributed by atoms with E-state index in [1.165, 1.54) is 0 Å². The summed E-state index contributed by atoms with van der Waals surface area (Å²) in [6.07, 6.45) is 0.883. The van der Waals surface area contributed by atoms with Crippen LogP contribution in [0.2, 0.25) is 0 Å². The Kier molecular flexibility index (Phi) is 4.26. The Morgan fingerprint density at radius 1 is 1.27 bits per heavy atom. The van der Waals surface area contributed by atoms with E-state index in [0.717, 1.165) is 12.1 Å². The van der Waals surface area contributed by atoms with Crippen molar-refractivity contribution < 1.29 is 0 Å². The van der Waals surface area contributed by atoms with Crippen LogP contribution in [0.15, 0.2) is 10.2 Å². The van der Waals surface area contributed by atoms with Crippen LogP contribution >= 0.6 is 0 Å². The third-order valence-electron chi connectivity index (χ3n) is 1.32. The van der Waals surface area contributed by atoms with E-state index < -0.39 is 0 Å². The number of hydrogen-bond acceptors (Lipinski definition) is 2. The Bertz CT molecular complexity index is 165. The lowest BCUT2D eigenvalue weighted by Crippen LogP contribution is -2.22. The summed E-state index contributed by atoms with van der Waals surface area (Å²) >= 11 is 0. The molecule has 64 valence electrons. The average Bonchev–Trinajstić information content (AvgIpc) is 1.87. The number of rotatable bonds is 3. The molecule has 0 aliphatic carbocycles. The van der Waals surface area contributed by atoms with Crippen LogP contribution in [0.25, 0.3) is 0 Å². The molecule has 0 aromatic carbocycles. The predicted molar refractivity (Wildman–Crippen MR) is 48.4 cm³/mol. The van der Waals surface area contributed by atoms with Gasteiger partial charge in [-0.2, -0.15) is 5.10 Å². The van der Waals surface area contributed by atoms with Crippen LogP contribution in [0.3, 0.4) is 0 Å². The van der Waals surface area contributed by atoms with Crippen molar-refractivity contribution in [2.24, 2.45) is 27.6 Å². The first-order valence-corrected chi connectivity index (χ1v) is 3.73. The summed E-state index contributed by atoms with van der Waals surface area (Å²) in [5.41, 5.74) is 11.2. The third kappa shape index (κ3) is 4.36. The summed E-state index contributed by atoms with van der Waals surface area (Å²) in [6.45, 7) is 6.15. The highest BCUT2D eigenvalue weighted by Gasteiger charge is 2.00. The fraction of sp³-hybridized carbons (Fsp3) is 0.714. The first kappa shape index (κ1) is 9.94.